The average molecular weight is 384 g/mol. The third kappa shape index (κ3) is 4.56. The number of hydrogen-bond acceptors (Lipinski definition) is 0. The Kier molecular flexibility index (Phi) is 8.03. The molecule has 2 heterocycles. The molecule has 0 aromatic carbocycles. The molecular formula is C12H16Cl2P2Zr. The van der Waals surface area contributed by atoms with Crippen LogP contribution in [0.2, 0.25) is 0 Å². The molecule has 0 aliphatic carbocycles. The predicted octanol–water partition coefficient (Wildman–Crippen LogP) is -0.790. The molecular weight excluding hydrogens is 368 g/mol. The first kappa shape index (κ1) is 18.0. The van der Waals surface area contributed by atoms with Crippen LogP contribution in [0.4, 0.5) is 0 Å². The first-order chi connectivity index (χ1) is 7.06. The van der Waals surface area contributed by atoms with Crippen molar-refractivity contribution in [3.63, 3.8) is 0 Å². The Morgan fingerprint density at radius 2 is 0.882 bits per heavy atom. The Labute approximate surface area is 129 Å². The minimum absolute atomic E-state index is 0. The van der Waals surface area contributed by atoms with Crippen molar-refractivity contribution in [1.82, 2.24) is 0 Å². The van der Waals surface area contributed by atoms with Gasteiger partial charge in [-0.05, 0) is 0 Å². The summed E-state index contributed by atoms with van der Waals surface area (Å²) in [5.74, 6) is 10.2. The van der Waals surface area contributed by atoms with Gasteiger partial charge in [0.05, 0.1) is 0 Å². The van der Waals surface area contributed by atoms with Crippen LogP contribution in [-0.4, -0.2) is 0 Å². The molecule has 0 bridgehead atoms. The van der Waals surface area contributed by atoms with Crippen molar-refractivity contribution in [2.24, 2.45) is 0 Å². The van der Waals surface area contributed by atoms with E-state index in [1.807, 2.05) is 0 Å². The van der Waals surface area contributed by atoms with E-state index in [0.717, 1.165) is 0 Å². The normalized spacial score (nSPS) is 9.18. The van der Waals surface area contributed by atoms with E-state index in [4.69, 9.17) is 0 Å². The van der Waals surface area contributed by atoms with E-state index >= 15 is 0 Å². The summed E-state index contributed by atoms with van der Waals surface area (Å²) in [6.07, 6.45) is 0. The summed E-state index contributed by atoms with van der Waals surface area (Å²) in [5, 5.41) is 0. The minimum atomic E-state index is -0.232. The van der Waals surface area contributed by atoms with Crippen molar-refractivity contribution >= 4 is 9.65 Å². The fourth-order valence-electron chi connectivity index (χ4n) is 1.57. The van der Waals surface area contributed by atoms with Crippen molar-refractivity contribution in [2.75, 3.05) is 0 Å². The molecule has 0 spiro atoms. The maximum atomic E-state index is 2.56. The molecule has 17 heavy (non-hydrogen) atoms. The third-order valence-electron chi connectivity index (χ3n) is 2.81. The number of hydrogen-bond donors (Lipinski definition) is 0. The second-order valence-electron chi connectivity index (χ2n) is 4.16. The van der Waals surface area contributed by atoms with Gasteiger partial charge in [-0.15, -0.1) is 0 Å². The molecule has 0 atom stereocenters. The third-order valence-corrected chi connectivity index (χ3v) is 21.3. The molecule has 0 saturated heterocycles. The molecule has 2 aromatic rings. The zero-order valence-corrected chi connectivity index (χ0v) is 16.2. The first-order valence-electron chi connectivity index (χ1n) is 5.13. The van der Waals surface area contributed by atoms with E-state index in [1.165, 1.54) is 22.3 Å². The first-order valence-corrected chi connectivity index (χ1v) is 14.7. The molecule has 2 rings (SSSR count). The van der Waals surface area contributed by atoms with Crippen LogP contribution in [0, 0.1) is 27.7 Å². The fourth-order valence-corrected chi connectivity index (χ4v) is 22.9. The number of halogens is 2. The standard InChI is InChI=1S/2C6H8P.2ClH.Zr/c2*1-5-3-7-4-6(5)2;;;/h2*3-4H,1-2H3;2*1H;/q2*-1;;;+4/p-2. The summed E-state index contributed by atoms with van der Waals surface area (Å²) in [6.45, 7) is 9.05. The number of rotatable bonds is 2. The maximum Gasteiger partial charge on any atom is -1.00 e. The van der Waals surface area contributed by atoms with Gasteiger partial charge in [-0.2, -0.15) is 0 Å². The average Bonchev–Trinajstić information content (AvgIpc) is 2.59. The summed E-state index contributed by atoms with van der Waals surface area (Å²) in [4.78, 5) is 0.425. The molecule has 0 fully saturated rings. The summed E-state index contributed by atoms with van der Waals surface area (Å²) < 4.78 is 0. The van der Waals surface area contributed by atoms with Crippen LogP contribution in [0.1, 0.15) is 22.3 Å². The van der Waals surface area contributed by atoms with Crippen molar-refractivity contribution in [1.29, 1.82) is 0 Å². The van der Waals surface area contributed by atoms with E-state index < -0.39 is 0 Å². The Bertz CT molecular complexity index is 405. The Morgan fingerprint density at radius 1 is 0.647 bits per heavy atom. The van der Waals surface area contributed by atoms with E-state index in [2.05, 4.69) is 50.9 Å². The Morgan fingerprint density at radius 3 is 1.12 bits per heavy atom. The Balaban J connectivity index is 0.00000128. The second-order valence-corrected chi connectivity index (χ2v) is 19.7. The second kappa shape index (κ2) is 7.57. The van der Waals surface area contributed by atoms with Gasteiger partial charge in [-0.25, -0.2) is 0 Å². The molecule has 0 saturated carbocycles. The van der Waals surface area contributed by atoms with Crippen molar-refractivity contribution in [3.8, 4) is 0 Å². The van der Waals surface area contributed by atoms with Crippen LogP contribution in [0.5, 0.6) is 0 Å². The largest absolute Gasteiger partial charge is 1.00 e. The SMILES string of the molecule is Cc1c[p]([Zr+2][p]2cc(C)c(C)c2)cc1C.[Cl-].[Cl-]. The van der Waals surface area contributed by atoms with Crippen LogP contribution in [-0.2, 0) is 22.1 Å². The zero-order chi connectivity index (χ0) is 11.0. The predicted molar refractivity (Wildman–Crippen MR) is 68.0 cm³/mol. The van der Waals surface area contributed by atoms with Gasteiger partial charge in [-0.1, -0.05) is 0 Å². The van der Waals surface area contributed by atoms with Gasteiger partial charge in [0.2, 0.25) is 0 Å². The monoisotopic (exact) mass is 382 g/mol. The Hall–Kier alpha value is 1.02. The summed E-state index contributed by atoms with van der Waals surface area (Å²) >= 11 is -0.232. The number of aryl methyl sites for hydroxylation is 4. The van der Waals surface area contributed by atoms with Gasteiger partial charge in [-0.3, -0.25) is 0 Å². The zero-order valence-electron chi connectivity index (χ0n) is 10.5. The van der Waals surface area contributed by atoms with E-state index in [0.29, 0.717) is 0 Å². The fraction of sp³-hybridized carbons (Fsp3) is 0.333. The van der Waals surface area contributed by atoms with E-state index in [1.54, 1.807) is 0 Å². The molecule has 0 radical (unpaired) electrons. The molecule has 0 aliphatic rings. The van der Waals surface area contributed by atoms with Crippen LogP contribution in [0.15, 0.2) is 23.2 Å². The summed E-state index contributed by atoms with van der Waals surface area (Å²) in [5.41, 5.74) is 6.16. The topological polar surface area (TPSA) is 0 Å². The molecule has 2 aromatic heterocycles. The van der Waals surface area contributed by atoms with E-state index in [-0.39, 0.29) is 56.5 Å². The maximum absolute atomic E-state index is 2.56. The molecule has 0 amide bonds. The van der Waals surface area contributed by atoms with Gasteiger partial charge in [0.25, 0.3) is 0 Å². The van der Waals surface area contributed by atoms with Crippen molar-refractivity contribution in [2.45, 2.75) is 27.7 Å². The van der Waals surface area contributed by atoms with Gasteiger partial charge < -0.3 is 24.8 Å². The van der Waals surface area contributed by atoms with Crippen molar-refractivity contribution in [3.05, 3.63) is 45.4 Å². The minimum Gasteiger partial charge on any atom is -1.00 e. The van der Waals surface area contributed by atoms with Crippen LogP contribution in [0.3, 0.4) is 0 Å². The molecule has 92 valence electrons. The molecule has 0 unspecified atom stereocenters. The van der Waals surface area contributed by atoms with Crippen LogP contribution >= 0.6 is 9.65 Å². The van der Waals surface area contributed by atoms with Crippen molar-refractivity contribution < 1.29 is 46.9 Å². The quantitative estimate of drug-likeness (QED) is 0.637. The smallest absolute Gasteiger partial charge is 1.00 e. The van der Waals surface area contributed by atoms with E-state index in [9.17, 15) is 0 Å². The van der Waals surface area contributed by atoms with Crippen LogP contribution < -0.4 is 24.8 Å². The summed E-state index contributed by atoms with van der Waals surface area (Å²) in [7, 11) is 0. The van der Waals surface area contributed by atoms with Crippen LogP contribution in [0.25, 0.3) is 0 Å². The molecule has 0 nitrogen and oxygen atoms in total. The summed E-state index contributed by atoms with van der Waals surface area (Å²) in [6, 6.07) is 0. The molecule has 0 N–H and O–H groups in total. The van der Waals surface area contributed by atoms with Gasteiger partial charge >= 0.3 is 105 Å². The molecule has 0 aliphatic heterocycles. The van der Waals surface area contributed by atoms with Gasteiger partial charge in [0.1, 0.15) is 0 Å². The van der Waals surface area contributed by atoms with Gasteiger partial charge in [0, 0.05) is 0 Å². The molecule has 5 heteroatoms. The van der Waals surface area contributed by atoms with Gasteiger partial charge in [0.15, 0.2) is 0 Å².